The number of aryl methyl sites for hydroxylation is 1. The molecular weight excluding hydrogens is 764 g/mol. The minimum absolute atomic E-state index is 0.0694. The van der Waals surface area contributed by atoms with E-state index in [1.807, 2.05) is 9.80 Å². The van der Waals surface area contributed by atoms with Crippen LogP contribution in [0.2, 0.25) is 0 Å². The molecule has 0 bridgehead atoms. The predicted octanol–water partition coefficient (Wildman–Crippen LogP) is 2.04. The van der Waals surface area contributed by atoms with Gasteiger partial charge in [-0.25, -0.2) is 15.0 Å². The second-order valence-electron chi connectivity index (χ2n) is 7.72. The number of aromatic nitrogens is 6. The highest BCUT2D eigenvalue weighted by Crippen LogP contribution is 2.12. The van der Waals surface area contributed by atoms with Crippen LogP contribution in [-0.4, -0.2) is 82.1 Å². The van der Waals surface area contributed by atoms with Crippen molar-refractivity contribution in [2.24, 2.45) is 7.05 Å². The number of anilines is 2. The van der Waals surface area contributed by atoms with Gasteiger partial charge in [0.2, 0.25) is 0 Å². The van der Waals surface area contributed by atoms with E-state index in [1.165, 1.54) is 17.0 Å². The fourth-order valence-corrected chi connectivity index (χ4v) is 4.85. The number of hydrogen-bond acceptors (Lipinski definition) is 10. The Morgan fingerprint density at radius 2 is 1.18 bits per heavy atom. The van der Waals surface area contributed by atoms with Crippen LogP contribution in [0.1, 0.15) is 0 Å². The van der Waals surface area contributed by atoms with E-state index >= 15 is 0 Å². The number of H-pyrrole nitrogens is 2. The Balaban J connectivity index is 0.000000163. The molecule has 5 rings (SSSR count). The van der Waals surface area contributed by atoms with Gasteiger partial charge in [0, 0.05) is 51.8 Å². The third kappa shape index (κ3) is 9.08. The van der Waals surface area contributed by atoms with Crippen molar-refractivity contribution in [2.75, 3.05) is 62.4 Å². The normalized spacial score (nSPS) is 15.2. The molecule has 17 heteroatoms. The Hall–Kier alpha value is -1.92. The van der Waals surface area contributed by atoms with Gasteiger partial charge in [0.15, 0.2) is 16.2 Å². The fourth-order valence-electron chi connectivity index (χ4n) is 3.26. The third-order valence-corrected chi connectivity index (χ3v) is 6.83. The molecule has 3 aromatic heterocycles. The van der Waals surface area contributed by atoms with Crippen molar-refractivity contribution in [3.63, 3.8) is 0 Å². The van der Waals surface area contributed by atoms with Gasteiger partial charge in [-0.1, -0.05) is 0 Å². The van der Waals surface area contributed by atoms with Crippen molar-refractivity contribution >= 4 is 75.4 Å². The van der Waals surface area contributed by atoms with E-state index in [2.05, 4.69) is 88.6 Å². The van der Waals surface area contributed by atoms with Crippen molar-refractivity contribution in [3.05, 3.63) is 68.1 Å². The zero-order chi connectivity index (χ0) is 27.7. The van der Waals surface area contributed by atoms with Gasteiger partial charge in [0.05, 0.1) is 26.4 Å². The lowest BCUT2D eigenvalue weighted by Crippen LogP contribution is -2.41. The molecule has 5 heterocycles. The number of ether oxygens (including phenoxy) is 2. The summed E-state index contributed by atoms with van der Waals surface area (Å²) in [6, 6.07) is 0. The highest BCUT2D eigenvalue weighted by molar-refractivity contribution is 9.11. The maximum absolute atomic E-state index is 11.8. The average molecular weight is 788 g/mol. The molecule has 0 unspecified atom stereocenters. The van der Waals surface area contributed by atoms with Gasteiger partial charge in [-0.2, -0.15) is 0 Å². The molecule has 2 aliphatic heterocycles. The van der Waals surface area contributed by atoms with E-state index in [1.54, 1.807) is 13.2 Å². The van der Waals surface area contributed by atoms with Gasteiger partial charge in [0.25, 0.3) is 16.7 Å². The molecule has 0 aromatic carbocycles. The third-order valence-electron chi connectivity index (χ3n) is 5.10. The van der Waals surface area contributed by atoms with Crippen molar-refractivity contribution in [2.45, 2.75) is 0 Å². The van der Waals surface area contributed by atoms with Gasteiger partial charge in [-0.15, -0.1) is 0 Å². The molecule has 2 saturated heterocycles. The topological polar surface area (TPSA) is 151 Å². The van der Waals surface area contributed by atoms with Crippen LogP contribution >= 0.6 is 63.7 Å². The molecular formula is C21H24Br4N8O5. The van der Waals surface area contributed by atoms with Gasteiger partial charge >= 0.3 is 0 Å². The number of nitrogens with one attached hydrogen (secondary N) is 2. The summed E-state index contributed by atoms with van der Waals surface area (Å²) in [6.45, 7) is 5.46. The van der Waals surface area contributed by atoms with Gasteiger partial charge in [-0.05, 0) is 63.7 Å². The Bertz CT molecular complexity index is 1390. The van der Waals surface area contributed by atoms with Crippen LogP contribution in [-0.2, 0) is 16.5 Å². The molecule has 2 N–H and O–H groups in total. The molecule has 0 saturated carbocycles. The minimum atomic E-state index is -0.224. The number of rotatable bonds is 2. The summed E-state index contributed by atoms with van der Waals surface area (Å²) in [4.78, 5) is 54.9. The number of halogens is 4. The molecule has 3 aromatic rings. The van der Waals surface area contributed by atoms with Crippen LogP contribution in [0.5, 0.6) is 0 Å². The first kappa shape index (κ1) is 30.6. The van der Waals surface area contributed by atoms with Gasteiger partial charge in [0.1, 0.15) is 13.8 Å². The lowest BCUT2D eigenvalue weighted by atomic mass is 10.4. The van der Waals surface area contributed by atoms with E-state index in [0.29, 0.717) is 65.0 Å². The first-order valence-electron chi connectivity index (χ1n) is 11.2. The molecule has 0 amide bonds. The molecule has 2 fully saturated rings. The standard InChI is InChI=1S/C9H12BrN3O2.C8H10BrN3O2.C4H2Br2N2O/c1-12-6-7(10)11-8(9(12)14)13-2-4-15-5-3-13;9-6-5-10-8(13)7(11-6)12-1-3-14-4-2-12;5-2-1-7-4(9)3(6)8-2/h6H,2-5H2,1H3;5H,1-4H2,(H,10,13);1H,(H,7,9). The van der Waals surface area contributed by atoms with Gasteiger partial charge < -0.3 is 33.8 Å². The van der Waals surface area contributed by atoms with Crippen molar-refractivity contribution in [1.82, 2.24) is 29.5 Å². The van der Waals surface area contributed by atoms with E-state index < -0.39 is 0 Å². The van der Waals surface area contributed by atoms with Crippen LogP contribution in [0.25, 0.3) is 0 Å². The Kier molecular flexibility index (Phi) is 12.1. The smallest absolute Gasteiger partial charge is 0.293 e. The number of aromatic amines is 2. The summed E-state index contributed by atoms with van der Waals surface area (Å²) >= 11 is 12.6. The summed E-state index contributed by atoms with van der Waals surface area (Å²) in [6.07, 6.45) is 4.67. The van der Waals surface area contributed by atoms with Crippen molar-refractivity contribution in [3.8, 4) is 0 Å². The largest absolute Gasteiger partial charge is 0.378 e. The van der Waals surface area contributed by atoms with Crippen LogP contribution in [0.15, 0.2) is 51.4 Å². The number of hydrogen-bond donors (Lipinski definition) is 2. The molecule has 13 nitrogen and oxygen atoms in total. The maximum Gasteiger partial charge on any atom is 0.293 e. The second-order valence-corrected chi connectivity index (χ2v) is 10.9. The van der Waals surface area contributed by atoms with Crippen LogP contribution in [0.3, 0.4) is 0 Å². The van der Waals surface area contributed by atoms with Crippen LogP contribution in [0, 0.1) is 0 Å². The predicted molar refractivity (Wildman–Crippen MR) is 156 cm³/mol. The lowest BCUT2D eigenvalue weighted by molar-refractivity contribution is 0.122. The zero-order valence-electron chi connectivity index (χ0n) is 20.1. The molecule has 206 valence electrons. The Morgan fingerprint density at radius 3 is 1.71 bits per heavy atom. The fraction of sp³-hybridized carbons (Fsp3) is 0.429. The van der Waals surface area contributed by atoms with Crippen molar-refractivity contribution in [1.29, 1.82) is 0 Å². The molecule has 0 aliphatic carbocycles. The van der Waals surface area contributed by atoms with Gasteiger partial charge in [-0.3, -0.25) is 14.4 Å². The maximum atomic E-state index is 11.8. The van der Waals surface area contributed by atoms with E-state index in [4.69, 9.17) is 9.47 Å². The average Bonchev–Trinajstić information content (AvgIpc) is 2.92. The summed E-state index contributed by atoms with van der Waals surface area (Å²) < 4.78 is 14.2. The highest BCUT2D eigenvalue weighted by atomic mass is 79.9. The monoisotopic (exact) mass is 784 g/mol. The lowest BCUT2D eigenvalue weighted by Gasteiger charge is -2.27. The van der Waals surface area contributed by atoms with E-state index in [0.717, 1.165) is 13.1 Å². The summed E-state index contributed by atoms with van der Waals surface area (Å²) in [7, 11) is 1.72. The number of nitrogens with zero attached hydrogens (tertiary/aromatic N) is 6. The minimum Gasteiger partial charge on any atom is -0.378 e. The van der Waals surface area contributed by atoms with Crippen molar-refractivity contribution < 1.29 is 9.47 Å². The zero-order valence-corrected chi connectivity index (χ0v) is 26.5. The molecule has 0 atom stereocenters. The van der Waals surface area contributed by atoms with Crippen LogP contribution in [0.4, 0.5) is 11.6 Å². The summed E-state index contributed by atoms with van der Waals surface area (Å²) in [5, 5.41) is 0. The quantitative estimate of drug-likeness (QED) is 0.395. The first-order valence-corrected chi connectivity index (χ1v) is 14.4. The number of morpholine rings is 2. The molecule has 38 heavy (non-hydrogen) atoms. The Labute approximate surface area is 250 Å². The molecule has 2 aliphatic rings. The summed E-state index contributed by atoms with van der Waals surface area (Å²) in [5.74, 6) is 0.956. The first-order chi connectivity index (χ1) is 18.2. The molecule has 0 radical (unpaired) electrons. The highest BCUT2D eigenvalue weighted by Gasteiger charge is 2.17. The van der Waals surface area contributed by atoms with E-state index in [9.17, 15) is 14.4 Å². The second kappa shape index (κ2) is 15.0. The summed E-state index contributed by atoms with van der Waals surface area (Å²) in [5.41, 5.74) is -0.451. The Morgan fingerprint density at radius 1 is 0.711 bits per heavy atom. The molecule has 0 spiro atoms. The van der Waals surface area contributed by atoms with Crippen LogP contribution < -0.4 is 26.5 Å². The van der Waals surface area contributed by atoms with E-state index in [-0.39, 0.29) is 21.3 Å². The SMILES string of the molecule is Cn1cc(Br)nc(N2CCOCC2)c1=O.O=c1[nH]cc(Br)nc1Br.O=c1[nH]cc(Br)nc1N1CCOCC1.